The first-order valence-electron chi connectivity index (χ1n) is 6.34. The van der Waals surface area contributed by atoms with E-state index in [1.165, 1.54) is 11.9 Å². The molecule has 3 aromatic rings. The zero-order valence-electron chi connectivity index (χ0n) is 10.8. The van der Waals surface area contributed by atoms with Crippen molar-refractivity contribution in [3.8, 4) is 0 Å². The maximum absolute atomic E-state index is 6.13. The average Bonchev–Trinajstić information content (AvgIpc) is 3.12. The van der Waals surface area contributed by atoms with E-state index in [9.17, 15) is 0 Å². The Morgan fingerprint density at radius 3 is 2.85 bits per heavy atom. The fraction of sp³-hybridized carbons (Fsp3) is 0.231. The van der Waals surface area contributed by atoms with Gasteiger partial charge in [0.05, 0.1) is 6.04 Å². The third-order valence-corrected chi connectivity index (χ3v) is 2.96. The molecule has 1 aromatic carbocycles. The highest BCUT2D eigenvalue weighted by molar-refractivity contribution is 5.17. The summed E-state index contributed by atoms with van der Waals surface area (Å²) in [6.07, 6.45) is 3.83. The van der Waals surface area contributed by atoms with Crippen LogP contribution in [0.3, 0.4) is 0 Å². The van der Waals surface area contributed by atoms with Gasteiger partial charge in [-0.3, -0.25) is 5.10 Å². The van der Waals surface area contributed by atoms with Crippen molar-refractivity contribution in [2.75, 3.05) is 0 Å². The third-order valence-electron chi connectivity index (χ3n) is 2.96. The number of benzene rings is 1. The Morgan fingerprint density at radius 2 is 2.10 bits per heavy atom. The Bertz CT molecular complexity index is 644. The van der Waals surface area contributed by atoms with Gasteiger partial charge in [0.25, 0.3) is 0 Å². The van der Waals surface area contributed by atoms with Crippen LogP contribution >= 0.6 is 0 Å². The number of hydrogen-bond acceptors (Lipinski definition) is 5. The number of H-pyrrole nitrogens is 1. The van der Waals surface area contributed by atoms with Crippen LogP contribution in [0.4, 0.5) is 0 Å². The minimum absolute atomic E-state index is 0.224. The zero-order valence-corrected chi connectivity index (χ0v) is 10.8. The minimum Gasteiger partial charge on any atom is -0.321 e. The molecule has 0 aliphatic heterocycles. The van der Waals surface area contributed by atoms with E-state index >= 15 is 0 Å². The second-order valence-corrected chi connectivity index (χ2v) is 4.53. The molecule has 0 saturated carbocycles. The molecule has 0 spiro atoms. The lowest BCUT2D eigenvalue weighted by Gasteiger charge is -2.06. The average molecular weight is 269 g/mol. The van der Waals surface area contributed by atoms with Gasteiger partial charge in [-0.2, -0.15) is 10.2 Å². The molecular formula is C13H15N7. The highest BCUT2D eigenvalue weighted by atomic mass is 15.3. The van der Waals surface area contributed by atoms with Crippen molar-refractivity contribution < 1.29 is 0 Å². The van der Waals surface area contributed by atoms with Crippen molar-refractivity contribution in [3.63, 3.8) is 0 Å². The third kappa shape index (κ3) is 2.89. The van der Waals surface area contributed by atoms with Crippen molar-refractivity contribution in [2.24, 2.45) is 5.73 Å². The van der Waals surface area contributed by atoms with E-state index in [1.807, 2.05) is 30.3 Å². The van der Waals surface area contributed by atoms with Gasteiger partial charge < -0.3 is 5.73 Å². The molecule has 0 amide bonds. The molecule has 0 fully saturated rings. The number of aromatic nitrogens is 6. The molecular weight excluding hydrogens is 254 g/mol. The van der Waals surface area contributed by atoms with Crippen LogP contribution in [0.2, 0.25) is 0 Å². The Morgan fingerprint density at radius 1 is 1.25 bits per heavy atom. The highest BCUT2D eigenvalue weighted by Crippen LogP contribution is 2.12. The number of nitrogens with one attached hydrogen (secondary N) is 1. The van der Waals surface area contributed by atoms with Crippen LogP contribution in [0.15, 0.2) is 43.0 Å². The molecule has 0 aliphatic carbocycles. The summed E-state index contributed by atoms with van der Waals surface area (Å²) in [5, 5.41) is 11.1. The first-order chi connectivity index (χ1) is 9.81. The van der Waals surface area contributed by atoms with Gasteiger partial charge in [-0.05, 0) is 12.0 Å². The standard InChI is InChI=1S/C13H15N7/c14-11(6-10-4-2-1-3-5-10)13-17-12(18-19-13)7-20-9-15-8-16-20/h1-5,8-9,11H,6-7,14H2,(H,17,18,19)/t11-/m1/s1. The van der Waals surface area contributed by atoms with Crippen LogP contribution < -0.4 is 5.73 Å². The SMILES string of the molecule is N[C@H](Cc1ccccc1)c1n[nH]c(Cn2cncn2)n1. The van der Waals surface area contributed by atoms with Crippen LogP contribution in [0, 0.1) is 0 Å². The summed E-state index contributed by atoms with van der Waals surface area (Å²) in [5.41, 5.74) is 7.30. The summed E-state index contributed by atoms with van der Waals surface area (Å²) < 4.78 is 1.67. The Kier molecular flexibility index (Phi) is 3.51. The predicted octanol–water partition coefficient (Wildman–Crippen LogP) is 0.687. The van der Waals surface area contributed by atoms with E-state index in [2.05, 4.69) is 25.3 Å². The molecule has 7 heteroatoms. The molecule has 0 unspecified atom stereocenters. The summed E-state index contributed by atoms with van der Waals surface area (Å²) in [6.45, 7) is 0.505. The maximum Gasteiger partial charge on any atom is 0.167 e. The highest BCUT2D eigenvalue weighted by Gasteiger charge is 2.13. The Labute approximate surface area is 115 Å². The van der Waals surface area contributed by atoms with Gasteiger partial charge in [-0.15, -0.1) is 0 Å². The van der Waals surface area contributed by atoms with Crippen LogP contribution in [0.25, 0.3) is 0 Å². The fourth-order valence-electron chi connectivity index (χ4n) is 1.97. The van der Waals surface area contributed by atoms with Gasteiger partial charge in [-0.25, -0.2) is 14.6 Å². The molecule has 0 radical (unpaired) electrons. The normalized spacial score (nSPS) is 12.4. The first-order valence-corrected chi connectivity index (χ1v) is 6.34. The van der Waals surface area contributed by atoms with E-state index in [-0.39, 0.29) is 6.04 Å². The lowest BCUT2D eigenvalue weighted by Crippen LogP contribution is -2.15. The molecule has 7 nitrogen and oxygen atoms in total. The molecule has 2 heterocycles. The largest absolute Gasteiger partial charge is 0.321 e. The molecule has 3 N–H and O–H groups in total. The molecule has 3 rings (SSSR count). The van der Waals surface area contributed by atoms with E-state index in [4.69, 9.17) is 5.73 Å². The van der Waals surface area contributed by atoms with Gasteiger partial charge in [0.2, 0.25) is 0 Å². The van der Waals surface area contributed by atoms with Crippen molar-refractivity contribution in [1.29, 1.82) is 0 Å². The molecule has 0 saturated heterocycles. The summed E-state index contributed by atoms with van der Waals surface area (Å²) in [5.74, 6) is 1.33. The van der Waals surface area contributed by atoms with Crippen molar-refractivity contribution in [2.45, 2.75) is 19.0 Å². The van der Waals surface area contributed by atoms with Crippen molar-refractivity contribution >= 4 is 0 Å². The van der Waals surface area contributed by atoms with E-state index in [0.29, 0.717) is 24.6 Å². The number of rotatable bonds is 5. The molecule has 1 atom stereocenters. The van der Waals surface area contributed by atoms with Crippen molar-refractivity contribution in [1.82, 2.24) is 29.9 Å². The van der Waals surface area contributed by atoms with Crippen LogP contribution in [-0.2, 0) is 13.0 Å². The molecule has 2 aromatic heterocycles. The fourth-order valence-corrected chi connectivity index (χ4v) is 1.97. The predicted molar refractivity (Wildman–Crippen MR) is 72.6 cm³/mol. The second kappa shape index (κ2) is 5.62. The van der Waals surface area contributed by atoms with Crippen LogP contribution in [0.5, 0.6) is 0 Å². The lowest BCUT2D eigenvalue weighted by atomic mass is 10.1. The smallest absolute Gasteiger partial charge is 0.167 e. The number of hydrogen-bond donors (Lipinski definition) is 2. The van der Waals surface area contributed by atoms with Gasteiger partial charge >= 0.3 is 0 Å². The summed E-state index contributed by atoms with van der Waals surface area (Å²) >= 11 is 0. The lowest BCUT2D eigenvalue weighted by molar-refractivity contribution is 0.650. The van der Waals surface area contributed by atoms with E-state index < -0.39 is 0 Å². The van der Waals surface area contributed by atoms with Gasteiger partial charge in [0.15, 0.2) is 5.82 Å². The second-order valence-electron chi connectivity index (χ2n) is 4.53. The zero-order chi connectivity index (χ0) is 13.8. The van der Waals surface area contributed by atoms with Crippen molar-refractivity contribution in [3.05, 3.63) is 60.2 Å². The topological polar surface area (TPSA) is 98.3 Å². The minimum atomic E-state index is -0.224. The maximum atomic E-state index is 6.13. The Balaban J connectivity index is 1.67. The Hall–Kier alpha value is -2.54. The van der Waals surface area contributed by atoms with Gasteiger partial charge in [-0.1, -0.05) is 30.3 Å². The number of aromatic amines is 1. The van der Waals surface area contributed by atoms with Crippen LogP contribution in [0.1, 0.15) is 23.3 Å². The number of nitrogens with two attached hydrogens (primary N) is 1. The summed E-state index contributed by atoms with van der Waals surface area (Å²) in [4.78, 5) is 8.28. The quantitative estimate of drug-likeness (QED) is 0.710. The van der Waals surface area contributed by atoms with E-state index in [0.717, 1.165) is 0 Å². The van der Waals surface area contributed by atoms with Gasteiger partial charge in [0, 0.05) is 0 Å². The molecule has 0 aliphatic rings. The molecule has 0 bridgehead atoms. The first kappa shape index (κ1) is 12.5. The van der Waals surface area contributed by atoms with Gasteiger partial charge in [0.1, 0.15) is 25.0 Å². The summed E-state index contributed by atoms with van der Waals surface area (Å²) in [6, 6.07) is 9.84. The molecule has 20 heavy (non-hydrogen) atoms. The number of nitrogens with zero attached hydrogens (tertiary/aromatic N) is 5. The summed E-state index contributed by atoms with van der Waals surface area (Å²) in [7, 11) is 0. The van der Waals surface area contributed by atoms with Crippen LogP contribution in [-0.4, -0.2) is 29.9 Å². The molecule has 102 valence electrons. The van der Waals surface area contributed by atoms with E-state index in [1.54, 1.807) is 11.0 Å². The monoisotopic (exact) mass is 269 g/mol.